The van der Waals surface area contributed by atoms with Crippen molar-refractivity contribution in [2.75, 3.05) is 0 Å². The van der Waals surface area contributed by atoms with Crippen LogP contribution in [0.2, 0.25) is 5.02 Å². The van der Waals surface area contributed by atoms with Gasteiger partial charge in [0.15, 0.2) is 6.29 Å². The maximum absolute atomic E-state index is 12.4. The fraction of sp³-hybridized carbons (Fsp3) is 0.0714. The quantitative estimate of drug-likeness (QED) is 0.721. The van der Waals surface area contributed by atoms with Gasteiger partial charge in [-0.2, -0.15) is 13.2 Å². The molecule has 0 fully saturated rings. The van der Waals surface area contributed by atoms with Crippen molar-refractivity contribution < 1.29 is 18.0 Å². The Morgan fingerprint density at radius 2 is 1.53 bits per heavy atom. The molecule has 0 spiro atoms. The molecule has 98 valence electrons. The molecule has 19 heavy (non-hydrogen) atoms. The van der Waals surface area contributed by atoms with E-state index in [0.29, 0.717) is 23.0 Å². The lowest BCUT2D eigenvalue weighted by atomic mass is 10.0. The first-order valence-electron chi connectivity index (χ1n) is 5.34. The number of hydrogen-bond acceptors (Lipinski definition) is 1. The Morgan fingerprint density at radius 3 is 2.00 bits per heavy atom. The molecule has 0 aromatic heterocycles. The van der Waals surface area contributed by atoms with E-state index in [0.717, 1.165) is 12.1 Å². The average Bonchev–Trinajstić information content (AvgIpc) is 2.38. The maximum Gasteiger partial charge on any atom is 0.416 e. The van der Waals surface area contributed by atoms with Crippen molar-refractivity contribution >= 4 is 17.9 Å². The number of aldehydes is 1. The van der Waals surface area contributed by atoms with Crippen LogP contribution in [0.15, 0.2) is 42.5 Å². The molecule has 1 nitrogen and oxygen atoms in total. The van der Waals surface area contributed by atoms with Crippen LogP contribution in [-0.2, 0) is 6.18 Å². The first-order chi connectivity index (χ1) is 8.91. The Bertz CT molecular complexity index is 603. The third-order valence-corrected chi connectivity index (χ3v) is 3.00. The summed E-state index contributed by atoms with van der Waals surface area (Å²) in [7, 11) is 0. The number of hydrogen-bond donors (Lipinski definition) is 0. The molecule has 0 bridgehead atoms. The summed E-state index contributed by atoms with van der Waals surface area (Å²) in [4.78, 5) is 10.6. The van der Waals surface area contributed by atoms with Gasteiger partial charge in [0.05, 0.1) is 10.6 Å². The molecule has 0 heterocycles. The fourth-order valence-corrected chi connectivity index (χ4v) is 1.88. The number of carbonyl (C=O) groups is 1. The number of alkyl halides is 3. The van der Waals surface area contributed by atoms with Crippen LogP contribution in [0.3, 0.4) is 0 Å². The minimum atomic E-state index is -4.35. The van der Waals surface area contributed by atoms with Gasteiger partial charge in [-0.1, -0.05) is 29.8 Å². The Kier molecular flexibility index (Phi) is 3.62. The van der Waals surface area contributed by atoms with Gasteiger partial charge in [-0.3, -0.25) is 4.79 Å². The molecule has 2 rings (SSSR count). The first kappa shape index (κ1) is 13.6. The Labute approximate surface area is 112 Å². The molecule has 0 aliphatic rings. The van der Waals surface area contributed by atoms with Crippen LogP contribution < -0.4 is 0 Å². The lowest BCUT2D eigenvalue weighted by Gasteiger charge is -2.08. The maximum atomic E-state index is 12.4. The molecule has 2 aromatic rings. The van der Waals surface area contributed by atoms with Gasteiger partial charge in [0.25, 0.3) is 0 Å². The summed E-state index contributed by atoms with van der Waals surface area (Å²) in [6, 6.07) is 9.48. The predicted molar refractivity (Wildman–Crippen MR) is 67.3 cm³/mol. The highest BCUT2D eigenvalue weighted by Crippen LogP contribution is 2.31. The molecular weight excluding hydrogens is 277 g/mol. The van der Waals surface area contributed by atoms with Crippen LogP contribution in [0.1, 0.15) is 15.9 Å². The molecule has 0 amide bonds. The third kappa shape index (κ3) is 2.96. The van der Waals surface area contributed by atoms with Crippen LogP contribution in [0.5, 0.6) is 0 Å². The van der Waals surface area contributed by atoms with Gasteiger partial charge in [0.2, 0.25) is 0 Å². The summed E-state index contributed by atoms with van der Waals surface area (Å²) in [6.07, 6.45) is -3.73. The standard InChI is InChI=1S/C14H8ClF3O/c15-13-7-10(1-2-11(13)8-19)9-3-5-12(6-4-9)14(16,17)18/h1-8H. The third-order valence-electron chi connectivity index (χ3n) is 2.67. The summed E-state index contributed by atoms with van der Waals surface area (Å²) in [5, 5.41) is 0.271. The van der Waals surface area contributed by atoms with Gasteiger partial charge in [-0.15, -0.1) is 0 Å². The second kappa shape index (κ2) is 5.05. The van der Waals surface area contributed by atoms with Crippen LogP contribution in [0.25, 0.3) is 11.1 Å². The molecule has 0 saturated heterocycles. The van der Waals surface area contributed by atoms with E-state index in [1.165, 1.54) is 18.2 Å². The Hall–Kier alpha value is -1.81. The topological polar surface area (TPSA) is 17.1 Å². The first-order valence-corrected chi connectivity index (χ1v) is 5.72. The highest BCUT2D eigenvalue weighted by Gasteiger charge is 2.29. The van der Waals surface area contributed by atoms with Crippen molar-refractivity contribution in [1.29, 1.82) is 0 Å². The predicted octanol–water partition coefficient (Wildman–Crippen LogP) is 4.84. The highest BCUT2D eigenvalue weighted by atomic mass is 35.5. The average molecular weight is 285 g/mol. The molecule has 0 aliphatic carbocycles. The molecule has 0 N–H and O–H groups in total. The second-order valence-corrected chi connectivity index (χ2v) is 4.34. The van der Waals surface area contributed by atoms with E-state index in [9.17, 15) is 18.0 Å². The molecule has 2 aromatic carbocycles. The lowest BCUT2D eigenvalue weighted by Crippen LogP contribution is -2.03. The normalized spacial score (nSPS) is 11.4. The number of rotatable bonds is 2. The van der Waals surface area contributed by atoms with E-state index in [-0.39, 0.29) is 5.02 Å². The van der Waals surface area contributed by atoms with E-state index in [1.54, 1.807) is 12.1 Å². The van der Waals surface area contributed by atoms with E-state index in [1.807, 2.05) is 0 Å². The van der Waals surface area contributed by atoms with Crippen molar-refractivity contribution in [3.8, 4) is 11.1 Å². The van der Waals surface area contributed by atoms with E-state index < -0.39 is 11.7 Å². The van der Waals surface area contributed by atoms with Crippen LogP contribution in [-0.4, -0.2) is 6.29 Å². The van der Waals surface area contributed by atoms with Gasteiger partial charge in [0, 0.05) is 5.56 Å². The smallest absolute Gasteiger partial charge is 0.298 e. The van der Waals surface area contributed by atoms with Gasteiger partial charge in [0.1, 0.15) is 0 Å². The van der Waals surface area contributed by atoms with Gasteiger partial charge in [-0.25, -0.2) is 0 Å². The van der Waals surface area contributed by atoms with Crippen molar-refractivity contribution in [3.05, 3.63) is 58.6 Å². The second-order valence-electron chi connectivity index (χ2n) is 3.93. The van der Waals surface area contributed by atoms with E-state index in [2.05, 4.69) is 0 Å². The molecule has 0 aliphatic heterocycles. The summed E-state index contributed by atoms with van der Waals surface area (Å²) in [6.45, 7) is 0. The van der Waals surface area contributed by atoms with Crippen LogP contribution >= 0.6 is 11.6 Å². The summed E-state index contributed by atoms with van der Waals surface area (Å²) in [5.41, 5.74) is 0.904. The van der Waals surface area contributed by atoms with Crippen LogP contribution in [0.4, 0.5) is 13.2 Å². The summed E-state index contributed by atoms with van der Waals surface area (Å²) < 4.78 is 37.3. The number of carbonyl (C=O) groups excluding carboxylic acids is 1. The van der Waals surface area contributed by atoms with Crippen molar-refractivity contribution in [3.63, 3.8) is 0 Å². The minimum Gasteiger partial charge on any atom is -0.298 e. The molecule has 0 unspecified atom stereocenters. The van der Waals surface area contributed by atoms with Gasteiger partial charge >= 0.3 is 6.18 Å². The van der Waals surface area contributed by atoms with Gasteiger partial charge in [-0.05, 0) is 35.4 Å². The largest absolute Gasteiger partial charge is 0.416 e. The number of benzene rings is 2. The fourth-order valence-electron chi connectivity index (χ4n) is 1.65. The zero-order chi connectivity index (χ0) is 14.0. The summed E-state index contributed by atoms with van der Waals surface area (Å²) in [5.74, 6) is 0. The lowest BCUT2D eigenvalue weighted by molar-refractivity contribution is -0.137. The monoisotopic (exact) mass is 284 g/mol. The van der Waals surface area contributed by atoms with Crippen molar-refractivity contribution in [2.45, 2.75) is 6.18 Å². The van der Waals surface area contributed by atoms with E-state index in [4.69, 9.17) is 11.6 Å². The molecule has 0 atom stereocenters. The van der Waals surface area contributed by atoms with Crippen molar-refractivity contribution in [1.82, 2.24) is 0 Å². The van der Waals surface area contributed by atoms with Crippen molar-refractivity contribution in [2.24, 2.45) is 0 Å². The Balaban J connectivity index is 2.37. The molecule has 5 heteroatoms. The molecule has 0 saturated carbocycles. The number of halogens is 4. The minimum absolute atomic E-state index is 0.271. The molecule has 0 radical (unpaired) electrons. The highest BCUT2D eigenvalue weighted by molar-refractivity contribution is 6.33. The summed E-state index contributed by atoms with van der Waals surface area (Å²) >= 11 is 5.87. The zero-order valence-electron chi connectivity index (χ0n) is 9.54. The van der Waals surface area contributed by atoms with E-state index >= 15 is 0 Å². The molecular formula is C14H8ClF3O. The SMILES string of the molecule is O=Cc1ccc(-c2ccc(C(F)(F)F)cc2)cc1Cl. The van der Waals surface area contributed by atoms with Gasteiger partial charge < -0.3 is 0 Å². The zero-order valence-corrected chi connectivity index (χ0v) is 10.3. The Morgan fingerprint density at radius 1 is 0.947 bits per heavy atom. The van der Waals surface area contributed by atoms with Crippen LogP contribution in [0, 0.1) is 0 Å².